The number of hydrogen-bond donors (Lipinski definition) is 2. The Bertz CT molecular complexity index is 666. The van der Waals surface area contributed by atoms with Gasteiger partial charge < -0.3 is 10.3 Å². The van der Waals surface area contributed by atoms with Crippen molar-refractivity contribution in [2.45, 2.75) is 6.92 Å². The molecule has 3 nitrogen and oxygen atoms in total. The number of thiophene rings is 1. The van der Waals surface area contributed by atoms with Crippen molar-refractivity contribution >= 4 is 17.0 Å². The summed E-state index contributed by atoms with van der Waals surface area (Å²) in [5, 5.41) is 5.19. The number of anilines is 1. The van der Waals surface area contributed by atoms with E-state index in [0.717, 1.165) is 28.5 Å². The molecule has 0 fully saturated rings. The van der Waals surface area contributed by atoms with Crippen LogP contribution in [-0.2, 0) is 0 Å². The number of nitrogens with zero attached hydrogens (tertiary/aromatic N) is 1. The largest absolute Gasteiger partial charge is 0.388 e. The third-order valence-electron chi connectivity index (χ3n) is 3.09. The molecule has 19 heavy (non-hydrogen) atoms. The minimum Gasteiger partial charge on any atom is -0.388 e. The molecule has 1 aromatic carbocycles. The molecule has 2 N–H and O–H groups in total. The SMILES string of the molecule is CNc1ccc(-c2nc(-c3cccs3)c(C)[nH]2)cc1. The number of H-pyrrole nitrogens is 1. The van der Waals surface area contributed by atoms with Crippen molar-refractivity contribution in [1.82, 2.24) is 9.97 Å². The molecule has 3 rings (SSSR count). The minimum absolute atomic E-state index is 0.920. The molecular weight excluding hydrogens is 254 g/mol. The first-order valence-corrected chi connectivity index (χ1v) is 7.04. The minimum atomic E-state index is 0.920. The molecule has 2 aromatic heterocycles. The smallest absolute Gasteiger partial charge is 0.138 e. The Labute approximate surface area is 116 Å². The van der Waals surface area contributed by atoms with E-state index in [1.807, 2.05) is 7.05 Å². The zero-order valence-corrected chi connectivity index (χ0v) is 11.7. The van der Waals surface area contributed by atoms with Gasteiger partial charge in [-0.2, -0.15) is 0 Å². The molecule has 0 saturated carbocycles. The number of aromatic nitrogens is 2. The van der Waals surface area contributed by atoms with Crippen molar-refractivity contribution in [2.75, 3.05) is 12.4 Å². The van der Waals surface area contributed by atoms with E-state index in [1.165, 1.54) is 4.88 Å². The molecule has 0 unspecified atom stereocenters. The molecule has 0 aliphatic rings. The zero-order chi connectivity index (χ0) is 13.2. The quantitative estimate of drug-likeness (QED) is 0.749. The van der Waals surface area contributed by atoms with Crippen molar-refractivity contribution in [3.63, 3.8) is 0 Å². The van der Waals surface area contributed by atoms with Gasteiger partial charge in [0.15, 0.2) is 0 Å². The van der Waals surface area contributed by atoms with Crippen LogP contribution in [0.5, 0.6) is 0 Å². The van der Waals surface area contributed by atoms with Gasteiger partial charge in [-0.25, -0.2) is 4.98 Å². The highest BCUT2D eigenvalue weighted by Gasteiger charge is 2.10. The number of benzene rings is 1. The molecule has 2 heterocycles. The molecule has 3 aromatic rings. The van der Waals surface area contributed by atoms with E-state index >= 15 is 0 Å². The van der Waals surface area contributed by atoms with Crippen LogP contribution in [0.25, 0.3) is 22.0 Å². The van der Waals surface area contributed by atoms with Crippen molar-refractivity contribution in [2.24, 2.45) is 0 Å². The fourth-order valence-corrected chi connectivity index (χ4v) is 2.82. The second-order valence-electron chi connectivity index (χ2n) is 4.36. The van der Waals surface area contributed by atoms with Gasteiger partial charge >= 0.3 is 0 Å². The lowest BCUT2D eigenvalue weighted by Crippen LogP contribution is -1.87. The summed E-state index contributed by atoms with van der Waals surface area (Å²) in [6, 6.07) is 12.4. The Morgan fingerprint density at radius 1 is 1.16 bits per heavy atom. The Morgan fingerprint density at radius 2 is 1.95 bits per heavy atom. The van der Waals surface area contributed by atoms with Gasteiger partial charge in [0.05, 0.1) is 4.88 Å². The van der Waals surface area contributed by atoms with Gasteiger partial charge in [0, 0.05) is 24.0 Å². The summed E-state index contributed by atoms with van der Waals surface area (Å²) in [7, 11) is 1.92. The second-order valence-corrected chi connectivity index (χ2v) is 5.31. The van der Waals surface area contributed by atoms with Crippen LogP contribution in [0.2, 0.25) is 0 Å². The number of imidazole rings is 1. The van der Waals surface area contributed by atoms with E-state index in [2.05, 4.69) is 59.0 Å². The van der Waals surface area contributed by atoms with Crippen LogP contribution >= 0.6 is 11.3 Å². The molecule has 4 heteroatoms. The van der Waals surface area contributed by atoms with Crippen LogP contribution in [-0.4, -0.2) is 17.0 Å². The molecule has 0 amide bonds. The lowest BCUT2D eigenvalue weighted by Gasteiger charge is -2.00. The van der Waals surface area contributed by atoms with Crippen LogP contribution in [0.4, 0.5) is 5.69 Å². The van der Waals surface area contributed by atoms with Gasteiger partial charge in [-0.3, -0.25) is 0 Å². The maximum Gasteiger partial charge on any atom is 0.138 e. The van der Waals surface area contributed by atoms with Crippen LogP contribution in [0.3, 0.4) is 0 Å². The highest BCUT2D eigenvalue weighted by Crippen LogP contribution is 2.29. The predicted octanol–water partition coefficient (Wildman–Crippen LogP) is 4.16. The molecule has 0 aliphatic heterocycles. The van der Waals surface area contributed by atoms with E-state index in [1.54, 1.807) is 11.3 Å². The number of hydrogen-bond acceptors (Lipinski definition) is 3. The van der Waals surface area contributed by atoms with E-state index < -0.39 is 0 Å². The predicted molar refractivity (Wildman–Crippen MR) is 81.6 cm³/mol. The first-order chi connectivity index (χ1) is 9.28. The second kappa shape index (κ2) is 4.90. The van der Waals surface area contributed by atoms with Crippen LogP contribution in [0.1, 0.15) is 5.69 Å². The summed E-state index contributed by atoms with van der Waals surface area (Å²) in [6.07, 6.45) is 0. The van der Waals surface area contributed by atoms with Gasteiger partial charge in [0.1, 0.15) is 11.5 Å². The topological polar surface area (TPSA) is 40.7 Å². The van der Waals surface area contributed by atoms with Crippen molar-refractivity contribution < 1.29 is 0 Å². The molecule has 0 aliphatic carbocycles. The first kappa shape index (κ1) is 12.0. The zero-order valence-electron chi connectivity index (χ0n) is 10.9. The highest BCUT2D eigenvalue weighted by molar-refractivity contribution is 7.13. The van der Waals surface area contributed by atoms with E-state index in [-0.39, 0.29) is 0 Å². The molecule has 0 radical (unpaired) electrons. The monoisotopic (exact) mass is 269 g/mol. The van der Waals surface area contributed by atoms with Crippen molar-refractivity contribution in [1.29, 1.82) is 0 Å². The van der Waals surface area contributed by atoms with E-state index in [4.69, 9.17) is 4.98 Å². The van der Waals surface area contributed by atoms with E-state index in [9.17, 15) is 0 Å². The number of aromatic amines is 1. The van der Waals surface area contributed by atoms with Gasteiger partial charge in [0.2, 0.25) is 0 Å². The summed E-state index contributed by atoms with van der Waals surface area (Å²) in [4.78, 5) is 9.28. The maximum atomic E-state index is 4.71. The van der Waals surface area contributed by atoms with E-state index in [0.29, 0.717) is 0 Å². The number of aryl methyl sites for hydroxylation is 1. The fraction of sp³-hybridized carbons (Fsp3) is 0.133. The maximum absolute atomic E-state index is 4.71. The van der Waals surface area contributed by atoms with Crippen LogP contribution < -0.4 is 5.32 Å². The Balaban J connectivity index is 1.99. The molecule has 0 saturated heterocycles. The summed E-state index contributed by atoms with van der Waals surface area (Å²) < 4.78 is 0. The highest BCUT2D eigenvalue weighted by atomic mass is 32.1. The number of rotatable bonds is 3. The van der Waals surface area contributed by atoms with Gasteiger partial charge in [-0.15, -0.1) is 11.3 Å². The average molecular weight is 269 g/mol. The van der Waals surface area contributed by atoms with Gasteiger partial charge in [-0.05, 0) is 42.6 Å². The molecular formula is C15H15N3S. The lowest BCUT2D eigenvalue weighted by molar-refractivity contribution is 1.26. The molecule has 0 spiro atoms. The third-order valence-corrected chi connectivity index (χ3v) is 3.96. The third kappa shape index (κ3) is 2.27. The van der Waals surface area contributed by atoms with Crippen molar-refractivity contribution in [3.05, 3.63) is 47.5 Å². The van der Waals surface area contributed by atoms with Gasteiger partial charge in [0.25, 0.3) is 0 Å². The summed E-state index contributed by atoms with van der Waals surface area (Å²) in [5.41, 5.74) is 4.35. The van der Waals surface area contributed by atoms with Crippen LogP contribution in [0.15, 0.2) is 41.8 Å². The first-order valence-electron chi connectivity index (χ1n) is 6.16. The Morgan fingerprint density at radius 3 is 2.58 bits per heavy atom. The van der Waals surface area contributed by atoms with Crippen molar-refractivity contribution in [3.8, 4) is 22.0 Å². The molecule has 96 valence electrons. The number of nitrogens with one attached hydrogen (secondary N) is 2. The summed E-state index contributed by atoms with van der Waals surface area (Å²) in [6.45, 7) is 2.06. The molecule has 0 bridgehead atoms. The summed E-state index contributed by atoms with van der Waals surface area (Å²) in [5.74, 6) is 0.920. The standard InChI is InChI=1S/C15H15N3S/c1-10-14(13-4-3-9-19-13)18-15(17-10)11-5-7-12(16-2)8-6-11/h3-9,16H,1-2H3,(H,17,18). The average Bonchev–Trinajstić information content (AvgIpc) is 3.08. The normalized spacial score (nSPS) is 10.6. The van der Waals surface area contributed by atoms with Gasteiger partial charge in [-0.1, -0.05) is 6.07 Å². The van der Waals surface area contributed by atoms with Crippen LogP contribution in [0, 0.1) is 6.92 Å². The lowest BCUT2D eigenvalue weighted by atomic mass is 10.2. The summed E-state index contributed by atoms with van der Waals surface area (Å²) >= 11 is 1.71. The fourth-order valence-electron chi connectivity index (χ4n) is 2.05. The Kier molecular flexibility index (Phi) is 3.09. The molecule has 0 atom stereocenters. The Hall–Kier alpha value is -2.07.